The van der Waals surface area contributed by atoms with Gasteiger partial charge in [-0.2, -0.15) is 0 Å². The summed E-state index contributed by atoms with van der Waals surface area (Å²) in [6, 6.07) is 0. The third-order valence-electron chi connectivity index (χ3n) is 5.42. The van der Waals surface area contributed by atoms with Gasteiger partial charge in [0, 0.05) is 5.25 Å². The Hall–Kier alpha value is 1.51. The molecule has 28 heavy (non-hydrogen) atoms. The molecule has 4 nitrogen and oxygen atoms in total. The van der Waals surface area contributed by atoms with Crippen LogP contribution in [0, 0.1) is 0 Å². The maximum absolute atomic E-state index is 11.2. The van der Waals surface area contributed by atoms with Gasteiger partial charge in [-0.25, -0.2) is 8.42 Å². The molecule has 0 aromatic rings. The average Bonchev–Trinajstić information content (AvgIpc) is 2.59. The molecule has 0 spiro atoms. The number of unbranched alkanes of at least 4 members (excludes halogenated alkanes) is 13. The van der Waals surface area contributed by atoms with Crippen molar-refractivity contribution < 1.29 is 69.5 Å². The van der Waals surface area contributed by atoms with Crippen LogP contribution in [0.15, 0.2) is 0 Å². The second-order valence-electron chi connectivity index (χ2n) is 8.28. The van der Waals surface area contributed by atoms with Gasteiger partial charge >= 0.3 is 51.4 Å². The van der Waals surface area contributed by atoms with Crippen LogP contribution >= 0.6 is 0 Å². The summed E-state index contributed by atoms with van der Waals surface area (Å²) in [6.07, 6.45) is 19.9. The van der Waals surface area contributed by atoms with Crippen molar-refractivity contribution in [3.05, 3.63) is 0 Å². The summed E-state index contributed by atoms with van der Waals surface area (Å²) in [5.41, 5.74) is 0. The second-order valence-corrected chi connectivity index (χ2v) is 9.93. The normalized spacial score (nSPS) is 13.9. The molecule has 0 aromatic heterocycles. The van der Waals surface area contributed by atoms with E-state index in [1.54, 1.807) is 0 Å². The van der Waals surface area contributed by atoms with E-state index >= 15 is 0 Å². The van der Waals surface area contributed by atoms with Crippen LogP contribution in [-0.4, -0.2) is 29.4 Å². The molecular weight excluding hydrogens is 399 g/mol. The predicted molar refractivity (Wildman–Crippen MR) is 114 cm³/mol. The third-order valence-corrected chi connectivity index (χ3v) is 6.70. The molecule has 6 heteroatoms. The van der Waals surface area contributed by atoms with Crippen LogP contribution in [0.5, 0.6) is 0 Å². The summed E-state index contributed by atoms with van der Waals surface area (Å²) in [5, 5.41) is 8.53. The van der Waals surface area contributed by atoms with Gasteiger partial charge in [-0.05, 0) is 26.2 Å². The fourth-order valence-corrected chi connectivity index (χ4v) is 4.67. The van der Waals surface area contributed by atoms with E-state index in [0.29, 0.717) is 12.8 Å². The maximum atomic E-state index is 11.2. The van der Waals surface area contributed by atoms with Gasteiger partial charge in [0.25, 0.3) is 0 Å². The first-order chi connectivity index (χ1) is 12.9. The molecule has 0 saturated carbocycles. The van der Waals surface area contributed by atoms with Gasteiger partial charge in [-0.15, -0.1) is 0 Å². The van der Waals surface area contributed by atoms with Gasteiger partial charge in [0.15, 0.2) is 0 Å². The molecule has 0 fully saturated rings. The SMILES string of the molecule is CCCC(CCCCCCCCCCCCCCCCC(C)O)S(=O)(=O)[O-].[K+]. The van der Waals surface area contributed by atoms with Crippen molar-refractivity contribution in [2.75, 3.05) is 0 Å². The first-order valence-corrected chi connectivity index (χ1v) is 13.0. The first-order valence-electron chi connectivity index (χ1n) is 11.5. The molecule has 0 saturated heterocycles. The Balaban J connectivity index is 0. The summed E-state index contributed by atoms with van der Waals surface area (Å²) < 4.78 is 33.5. The van der Waals surface area contributed by atoms with E-state index < -0.39 is 15.4 Å². The minimum atomic E-state index is -4.11. The van der Waals surface area contributed by atoms with Gasteiger partial charge in [0.05, 0.1) is 16.2 Å². The molecule has 0 radical (unpaired) electrons. The number of aliphatic hydroxyl groups is 1. The third kappa shape index (κ3) is 22.2. The molecule has 2 unspecified atom stereocenters. The summed E-state index contributed by atoms with van der Waals surface area (Å²) in [6.45, 7) is 3.79. The van der Waals surface area contributed by atoms with Gasteiger partial charge in [-0.1, -0.05) is 103 Å². The molecular formula is C22H45KO4S. The van der Waals surface area contributed by atoms with E-state index in [0.717, 1.165) is 38.5 Å². The van der Waals surface area contributed by atoms with Crippen molar-refractivity contribution in [1.82, 2.24) is 0 Å². The van der Waals surface area contributed by atoms with Crippen LogP contribution < -0.4 is 51.4 Å². The molecule has 1 N–H and O–H groups in total. The Morgan fingerprint density at radius 2 is 1.00 bits per heavy atom. The molecule has 0 aromatic carbocycles. The largest absolute Gasteiger partial charge is 1.00 e. The van der Waals surface area contributed by atoms with Crippen molar-refractivity contribution >= 4 is 10.1 Å². The molecule has 0 heterocycles. The Labute approximate surface area is 218 Å². The zero-order chi connectivity index (χ0) is 20.4. The molecule has 0 aliphatic heterocycles. The summed E-state index contributed by atoms with van der Waals surface area (Å²) >= 11 is 0. The molecule has 0 bridgehead atoms. The van der Waals surface area contributed by atoms with Crippen LogP contribution in [0.1, 0.15) is 129 Å². The Bertz CT molecular complexity index is 413. The second kappa shape index (κ2) is 21.7. The molecule has 0 rings (SSSR count). The van der Waals surface area contributed by atoms with E-state index in [-0.39, 0.29) is 57.5 Å². The van der Waals surface area contributed by atoms with E-state index in [1.807, 2.05) is 13.8 Å². The molecule has 164 valence electrons. The van der Waals surface area contributed by atoms with Crippen molar-refractivity contribution in [1.29, 1.82) is 0 Å². The van der Waals surface area contributed by atoms with Crippen LogP contribution in [0.3, 0.4) is 0 Å². The minimum Gasteiger partial charge on any atom is -0.748 e. The Morgan fingerprint density at radius 3 is 1.29 bits per heavy atom. The quantitative estimate of drug-likeness (QED) is 0.177. The number of rotatable bonds is 20. The van der Waals surface area contributed by atoms with Crippen LogP contribution in [-0.2, 0) is 10.1 Å². The maximum Gasteiger partial charge on any atom is 1.00 e. The summed E-state index contributed by atoms with van der Waals surface area (Å²) in [7, 11) is -4.11. The van der Waals surface area contributed by atoms with Gasteiger partial charge in [-0.3, -0.25) is 0 Å². The van der Waals surface area contributed by atoms with E-state index in [9.17, 15) is 18.1 Å². The Morgan fingerprint density at radius 1 is 0.679 bits per heavy atom. The van der Waals surface area contributed by atoms with Crippen LogP contribution in [0.2, 0.25) is 0 Å². The Kier molecular flexibility index (Phi) is 24.6. The first kappa shape index (κ1) is 31.7. The summed E-state index contributed by atoms with van der Waals surface area (Å²) in [4.78, 5) is 0. The standard InChI is InChI=1S/C22H46O4S.K/c1-3-18-22(27(24,25)26)20-17-15-13-11-9-7-5-4-6-8-10-12-14-16-19-21(2)23;/h21-23H,3-20H2,1-2H3,(H,24,25,26);/q;+1/p-1. The van der Waals surface area contributed by atoms with Crippen molar-refractivity contribution in [3.63, 3.8) is 0 Å². The summed E-state index contributed by atoms with van der Waals surface area (Å²) in [5.74, 6) is 0. The number of hydrogen-bond donors (Lipinski definition) is 1. The van der Waals surface area contributed by atoms with Crippen molar-refractivity contribution in [3.8, 4) is 0 Å². The van der Waals surface area contributed by atoms with E-state index in [4.69, 9.17) is 0 Å². The zero-order valence-electron chi connectivity index (χ0n) is 19.0. The average molecular weight is 445 g/mol. The molecule has 0 aliphatic carbocycles. The van der Waals surface area contributed by atoms with Crippen LogP contribution in [0.25, 0.3) is 0 Å². The van der Waals surface area contributed by atoms with Crippen molar-refractivity contribution in [2.45, 2.75) is 141 Å². The fourth-order valence-electron chi connectivity index (χ4n) is 3.69. The minimum absolute atomic E-state index is 0. The molecule has 0 aliphatic rings. The fraction of sp³-hybridized carbons (Fsp3) is 1.00. The van der Waals surface area contributed by atoms with Crippen molar-refractivity contribution in [2.24, 2.45) is 0 Å². The monoisotopic (exact) mass is 444 g/mol. The van der Waals surface area contributed by atoms with Gasteiger partial charge < -0.3 is 9.66 Å². The smallest absolute Gasteiger partial charge is 0.748 e. The zero-order valence-corrected chi connectivity index (χ0v) is 22.9. The van der Waals surface area contributed by atoms with Gasteiger partial charge in [0.1, 0.15) is 0 Å². The number of aliphatic hydroxyl groups excluding tert-OH is 1. The predicted octanol–water partition coefficient (Wildman–Crippen LogP) is 3.33. The van der Waals surface area contributed by atoms with E-state index in [2.05, 4.69) is 0 Å². The van der Waals surface area contributed by atoms with E-state index in [1.165, 1.54) is 64.2 Å². The topological polar surface area (TPSA) is 77.4 Å². The molecule has 2 atom stereocenters. The van der Waals surface area contributed by atoms with Gasteiger partial charge in [0.2, 0.25) is 0 Å². The molecule has 0 amide bonds. The van der Waals surface area contributed by atoms with Crippen LogP contribution in [0.4, 0.5) is 0 Å². The number of hydrogen-bond acceptors (Lipinski definition) is 4.